The Bertz CT molecular complexity index is 403. The zero-order valence-electron chi connectivity index (χ0n) is 7.29. The van der Waals surface area contributed by atoms with Crippen molar-refractivity contribution in [2.75, 3.05) is 0 Å². The molecular formula is C10H8BrNO2. The van der Waals surface area contributed by atoms with E-state index in [-0.39, 0.29) is 18.1 Å². The molecule has 2 rings (SSSR count). The van der Waals surface area contributed by atoms with E-state index in [2.05, 4.69) is 21.2 Å². The summed E-state index contributed by atoms with van der Waals surface area (Å²) in [6.45, 7) is 0. The van der Waals surface area contributed by atoms with E-state index in [0.717, 1.165) is 10.0 Å². The quantitative estimate of drug-likeness (QED) is 0.773. The number of carbonyl (C=O) groups excluding carboxylic acids is 2. The summed E-state index contributed by atoms with van der Waals surface area (Å²) in [5.74, 6) is -0.266. The second-order valence-electron chi connectivity index (χ2n) is 3.17. The van der Waals surface area contributed by atoms with Gasteiger partial charge in [0.2, 0.25) is 5.91 Å². The van der Waals surface area contributed by atoms with Crippen LogP contribution in [0.1, 0.15) is 18.0 Å². The fourth-order valence-corrected chi connectivity index (χ4v) is 2.03. The molecule has 3 nitrogen and oxygen atoms in total. The Hall–Kier alpha value is -1.16. The lowest BCUT2D eigenvalue weighted by Crippen LogP contribution is -2.20. The van der Waals surface area contributed by atoms with E-state index < -0.39 is 6.04 Å². The Balaban J connectivity index is 2.36. The van der Waals surface area contributed by atoms with E-state index in [1.54, 1.807) is 0 Å². The van der Waals surface area contributed by atoms with Crippen LogP contribution < -0.4 is 5.32 Å². The molecule has 1 aromatic carbocycles. The summed E-state index contributed by atoms with van der Waals surface area (Å²) in [5, 5.41) is 2.64. The Morgan fingerprint density at radius 1 is 1.29 bits per heavy atom. The van der Waals surface area contributed by atoms with Crippen LogP contribution >= 0.6 is 15.9 Å². The van der Waals surface area contributed by atoms with E-state index in [4.69, 9.17) is 0 Å². The number of amides is 1. The largest absolute Gasteiger partial charge is 0.342 e. The van der Waals surface area contributed by atoms with Gasteiger partial charge in [0.25, 0.3) is 0 Å². The zero-order chi connectivity index (χ0) is 10.1. The fraction of sp³-hybridized carbons (Fsp3) is 0.200. The molecule has 1 aliphatic heterocycles. The minimum Gasteiger partial charge on any atom is -0.342 e. The number of hydrogen-bond donors (Lipinski definition) is 1. The van der Waals surface area contributed by atoms with Gasteiger partial charge in [0.15, 0.2) is 5.78 Å². The van der Waals surface area contributed by atoms with Crippen molar-refractivity contribution in [2.45, 2.75) is 12.5 Å². The van der Waals surface area contributed by atoms with E-state index in [0.29, 0.717) is 0 Å². The predicted molar refractivity (Wildman–Crippen MR) is 54.6 cm³/mol. The molecule has 1 aromatic rings. The Morgan fingerprint density at radius 2 is 2.00 bits per heavy atom. The van der Waals surface area contributed by atoms with Crippen molar-refractivity contribution in [1.82, 2.24) is 5.32 Å². The highest BCUT2D eigenvalue weighted by Gasteiger charge is 2.32. The smallest absolute Gasteiger partial charge is 0.228 e. The normalized spacial score (nSPS) is 21.1. The van der Waals surface area contributed by atoms with E-state index in [1.807, 2.05) is 24.3 Å². The van der Waals surface area contributed by atoms with E-state index in [9.17, 15) is 9.59 Å². The zero-order valence-corrected chi connectivity index (χ0v) is 8.87. The van der Waals surface area contributed by atoms with Crippen LogP contribution in [0.5, 0.6) is 0 Å². The molecule has 1 atom stereocenters. The molecule has 0 spiro atoms. The summed E-state index contributed by atoms with van der Waals surface area (Å²) in [6, 6.07) is 6.93. The van der Waals surface area contributed by atoms with Crippen LogP contribution in [-0.2, 0) is 9.59 Å². The molecule has 4 heteroatoms. The van der Waals surface area contributed by atoms with Gasteiger partial charge in [-0.1, -0.05) is 34.1 Å². The molecule has 0 bridgehead atoms. The summed E-state index contributed by atoms with van der Waals surface area (Å²) in [6.07, 6.45) is -0.00794. The van der Waals surface area contributed by atoms with E-state index in [1.165, 1.54) is 0 Å². The predicted octanol–water partition coefficient (Wildman–Crippen LogP) is 1.58. The maximum Gasteiger partial charge on any atom is 0.228 e. The summed E-state index contributed by atoms with van der Waals surface area (Å²) < 4.78 is 0.848. The third-order valence-corrected chi connectivity index (χ3v) is 2.90. The van der Waals surface area contributed by atoms with Gasteiger partial charge in [-0.05, 0) is 11.6 Å². The molecule has 1 N–H and O–H groups in total. The minimum atomic E-state index is -0.474. The highest BCUT2D eigenvalue weighted by Crippen LogP contribution is 2.27. The van der Waals surface area contributed by atoms with Crippen LogP contribution in [-0.4, -0.2) is 11.7 Å². The number of ketones is 1. The first-order valence-electron chi connectivity index (χ1n) is 4.25. The summed E-state index contributed by atoms with van der Waals surface area (Å²) in [4.78, 5) is 22.4. The van der Waals surface area contributed by atoms with Gasteiger partial charge in [0.05, 0.1) is 6.42 Å². The summed E-state index contributed by atoms with van der Waals surface area (Å²) >= 11 is 3.35. The second kappa shape index (κ2) is 3.53. The SMILES string of the molecule is O=C1CC(=O)C(c2ccccc2Br)N1. The van der Waals surface area contributed by atoms with Gasteiger partial charge in [-0.25, -0.2) is 0 Å². The van der Waals surface area contributed by atoms with E-state index >= 15 is 0 Å². The van der Waals surface area contributed by atoms with Crippen LogP contribution in [0.3, 0.4) is 0 Å². The average molecular weight is 254 g/mol. The molecule has 1 amide bonds. The molecule has 0 radical (unpaired) electrons. The van der Waals surface area contributed by atoms with Crippen molar-refractivity contribution in [3.8, 4) is 0 Å². The molecule has 1 fully saturated rings. The van der Waals surface area contributed by atoms with Gasteiger partial charge in [-0.2, -0.15) is 0 Å². The molecule has 1 saturated heterocycles. The number of rotatable bonds is 1. The first-order chi connectivity index (χ1) is 6.68. The van der Waals surface area contributed by atoms with Crippen molar-refractivity contribution in [1.29, 1.82) is 0 Å². The molecule has 0 aromatic heterocycles. The lowest BCUT2D eigenvalue weighted by Gasteiger charge is -2.10. The van der Waals surface area contributed by atoms with Crippen LogP contribution in [0.4, 0.5) is 0 Å². The van der Waals surface area contributed by atoms with Crippen molar-refractivity contribution in [3.05, 3.63) is 34.3 Å². The summed E-state index contributed by atoms with van der Waals surface area (Å²) in [5.41, 5.74) is 0.823. The molecule has 14 heavy (non-hydrogen) atoms. The Kier molecular flexibility index (Phi) is 2.37. The van der Waals surface area contributed by atoms with Crippen LogP contribution in [0.25, 0.3) is 0 Å². The monoisotopic (exact) mass is 253 g/mol. The topological polar surface area (TPSA) is 46.2 Å². The van der Waals surface area contributed by atoms with Crippen molar-refractivity contribution >= 4 is 27.6 Å². The standard InChI is InChI=1S/C10H8BrNO2/c11-7-4-2-1-3-6(7)10-8(13)5-9(14)12-10/h1-4,10H,5H2,(H,12,14). The highest BCUT2D eigenvalue weighted by molar-refractivity contribution is 9.10. The highest BCUT2D eigenvalue weighted by atomic mass is 79.9. The fourth-order valence-electron chi connectivity index (χ4n) is 1.51. The van der Waals surface area contributed by atoms with Crippen molar-refractivity contribution < 1.29 is 9.59 Å². The van der Waals surface area contributed by atoms with Gasteiger partial charge >= 0.3 is 0 Å². The molecule has 1 unspecified atom stereocenters. The molecule has 1 heterocycles. The maximum atomic E-state index is 11.4. The van der Waals surface area contributed by atoms with Crippen LogP contribution in [0.15, 0.2) is 28.7 Å². The number of Topliss-reactive ketones (excluding diaryl/α,β-unsaturated/α-hetero) is 1. The molecular weight excluding hydrogens is 246 g/mol. The number of hydrogen-bond acceptors (Lipinski definition) is 2. The number of benzene rings is 1. The third kappa shape index (κ3) is 1.57. The van der Waals surface area contributed by atoms with Crippen LogP contribution in [0.2, 0.25) is 0 Å². The Morgan fingerprint density at radius 3 is 2.57 bits per heavy atom. The molecule has 0 saturated carbocycles. The first kappa shape index (κ1) is 9.40. The van der Waals surface area contributed by atoms with Crippen LogP contribution in [0, 0.1) is 0 Å². The minimum absolute atomic E-state index is 0.00794. The molecule has 1 aliphatic rings. The average Bonchev–Trinajstić information content (AvgIpc) is 2.46. The second-order valence-corrected chi connectivity index (χ2v) is 4.02. The van der Waals surface area contributed by atoms with Gasteiger partial charge in [0.1, 0.15) is 6.04 Å². The lowest BCUT2D eigenvalue weighted by atomic mass is 10.0. The van der Waals surface area contributed by atoms with Crippen molar-refractivity contribution in [3.63, 3.8) is 0 Å². The third-order valence-electron chi connectivity index (χ3n) is 2.18. The molecule has 72 valence electrons. The van der Waals surface area contributed by atoms with Gasteiger partial charge in [-0.15, -0.1) is 0 Å². The number of carbonyl (C=O) groups is 2. The maximum absolute atomic E-state index is 11.4. The number of nitrogens with one attached hydrogen (secondary N) is 1. The number of halogens is 1. The Labute approximate surface area is 89.6 Å². The first-order valence-corrected chi connectivity index (χ1v) is 5.04. The van der Waals surface area contributed by atoms with Crippen molar-refractivity contribution in [2.24, 2.45) is 0 Å². The summed E-state index contributed by atoms with van der Waals surface area (Å²) in [7, 11) is 0. The van der Waals surface area contributed by atoms with Gasteiger partial charge < -0.3 is 5.32 Å². The van der Waals surface area contributed by atoms with Gasteiger partial charge in [0, 0.05) is 4.47 Å². The van der Waals surface area contributed by atoms with Gasteiger partial charge in [-0.3, -0.25) is 9.59 Å². The lowest BCUT2D eigenvalue weighted by molar-refractivity contribution is -0.122. The molecule has 0 aliphatic carbocycles.